The minimum absolute atomic E-state index is 0.174. The lowest BCUT2D eigenvalue weighted by molar-refractivity contribution is 0.0977. The van der Waals surface area contributed by atoms with Gasteiger partial charge in [-0.15, -0.1) is 0 Å². The van der Waals surface area contributed by atoms with E-state index in [9.17, 15) is 4.79 Å². The highest BCUT2D eigenvalue weighted by molar-refractivity contribution is 7.80. The maximum absolute atomic E-state index is 12.4. The van der Waals surface area contributed by atoms with E-state index >= 15 is 0 Å². The molecule has 0 fully saturated rings. The fraction of sp³-hybridized carbons (Fsp3) is 0.143. The van der Waals surface area contributed by atoms with Gasteiger partial charge in [-0.2, -0.15) is 0 Å². The molecule has 0 radical (unpaired) electrons. The number of thiocarbonyl (C=S) groups is 1. The lowest BCUT2D eigenvalue weighted by atomic mass is 10.1. The number of amides is 1. The molecule has 7 heteroatoms. The Morgan fingerprint density at radius 3 is 2.46 bits per heavy atom. The summed E-state index contributed by atoms with van der Waals surface area (Å²) in [6, 6.07) is 14.2. The highest BCUT2D eigenvalue weighted by Crippen LogP contribution is 2.32. The number of carbonyl (C=O) groups is 1. The Bertz CT molecular complexity index is 1030. The number of aryl methyl sites for hydroxylation is 2. The first-order valence-electron chi connectivity index (χ1n) is 8.56. The smallest absolute Gasteiger partial charge is 0.257 e. The second-order valence-corrected chi connectivity index (χ2v) is 7.22. The van der Waals surface area contributed by atoms with Crippen LogP contribution in [0.25, 0.3) is 11.3 Å². The SMILES string of the molecule is Cc1cc(C)cc(C(=O)NC(=S)Nc2ccc(Cl)c(-c3ccc(CO)o3)c2)c1. The Balaban J connectivity index is 1.73. The van der Waals surface area contributed by atoms with E-state index < -0.39 is 0 Å². The second kappa shape index (κ2) is 8.56. The standard InChI is InChI=1S/C21H19ClN2O3S/c1-12-7-13(2)9-14(8-12)20(26)24-21(28)23-15-3-5-18(22)17(10-15)19-6-4-16(11-25)27-19/h3-10,25H,11H2,1-2H3,(H2,23,24,26,28). The molecule has 0 saturated heterocycles. The van der Waals surface area contributed by atoms with Crippen LogP contribution in [0.1, 0.15) is 27.2 Å². The van der Waals surface area contributed by atoms with Gasteiger partial charge in [-0.25, -0.2) is 0 Å². The van der Waals surface area contributed by atoms with Gasteiger partial charge in [0.15, 0.2) is 5.11 Å². The van der Waals surface area contributed by atoms with Gasteiger partial charge in [0.25, 0.3) is 5.91 Å². The Morgan fingerprint density at radius 2 is 1.82 bits per heavy atom. The third-order valence-corrected chi connectivity index (χ3v) is 4.55. The van der Waals surface area contributed by atoms with Gasteiger partial charge in [0.2, 0.25) is 0 Å². The van der Waals surface area contributed by atoms with Crippen LogP contribution in [-0.4, -0.2) is 16.1 Å². The molecule has 3 rings (SSSR count). The number of halogens is 1. The van der Waals surface area contributed by atoms with Crippen LogP contribution < -0.4 is 10.6 Å². The monoisotopic (exact) mass is 414 g/mol. The van der Waals surface area contributed by atoms with Crippen LogP contribution in [0.5, 0.6) is 0 Å². The number of carbonyl (C=O) groups excluding carboxylic acids is 1. The zero-order valence-electron chi connectivity index (χ0n) is 15.4. The van der Waals surface area contributed by atoms with Crippen LogP contribution in [0, 0.1) is 13.8 Å². The van der Waals surface area contributed by atoms with E-state index in [2.05, 4.69) is 10.6 Å². The highest BCUT2D eigenvalue weighted by atomic mass is 35.5. The fourth-order valence-corrected chi connectivity index (χ4v) is 3.26. The van der Waals surface area contributed by atoms with Crippen molar-refractivity contribution in [2.45, 2.75) is 20.5 Å². The molecular formula is C21H19ClN2O3S. The van der Waals surface area contributed by atoms with Gasteiger partial charge in [-0.3, -0.25) is 10.1 Å². The maximum Gasteiger partial charge on any atom is 0.257 e. The van der Waals surface area contributed by atoms with Crippen molar-refractivity contribution >= 4 is 40.5 Å². The normalized spacial score (nSPS) is 10.6. The molecule has 0 bridgehead atoms. The molecule has 0 saturated carbocycles. The largest absolute Gasteiger partial charge is 0.459 e. The lowest BCUT2D eigenvalue weighted by Gasteiger charge is -2.12. The highest BCUT2D eigenvalue weighted by Gasteiger charge is 2.12. The molecule has 2 aromatic carbocycles. The first-order chi connectivity index (χ1) is 13.4. The number of rotatable bonds is 4. The molecule has 1 amide bonds. The zero-order chi connectivity index (χ0) is 20.3. The number of nitrogens with one attached hydrogen (secondary N) is 2. The summed E-state index contributed by atoms with van der Waals surface area (Å²) < 4.78 is 5.54. The van der Waals surface area contributed by atoms with Crippen LogP contribution in [0.4, 0.5) is 5.69 Å². The predicted molar refractivity (Wildman–Crippen MR) is 115 cm³/mol. The van der Waals surface area contributed by atoms with Crippen molar-refractivity contribution in [2.75, 3.05) is 5.32 Å². The van der Waals surface area contributed by atoms with Crippen molar-refractivity contribution in [2.24, 2.45) is 0 Å². The van der Waals surface area contributed by atoms with Gasteiger partial charge in [-0.05, 0) is 68.5 Å². The van der Waals surface area contributed by atoms with Crippen LogP contribution in [-0.2, 0) is 6.61 Å². The Kier molecular flexibility index (Phi) is 6.14. The van der Waals surface area contributed by atoms with Crippen LogP contribution in [0.15, 0.2) is 52.9 Å². The number of hydrogen-bond donors (Lipinski definition) is 3. The molecule has 0 unspecified atom stereocenters. The summed E-state index contributed by atoms with van der Waals surface area (Å²) in [7, 11) is 0. The van der Waals surface area contributed by atoms with Gasteiger partial charge in [0.05, 0.1) is 5.02 Å². The van der Waals surface area contributed by atoms with Crippen molar-refractivity contribution in [1.82, 2.24) is 5.32 Å². The van der Waals surface area contributed by atoms with Gasteiger partial charge in [0.1, 0.15) is 18.1 Å². The summed E-state index contributed by atoms with van der Waals surface area (Å²) in [5.74, 6) is 0.695. The molecule has 0 aliphatic heterocycles. The number of benzene rings is 2. The first-order valence-corrected chi connectivity index (χ1v) is 9.34. The Hall–Kier alpha value is -2.67. The summed E-state index contributed by atoms with van der Waals surface area (Å²) in [4.78, 5) is 12.4. The Labute approximate surface area is 173 Å². The van der Waals surface area contributed by atoms with Gasteiger partial charge < -0.3 is 14.8 Å². The summed E-state index contributed by atoms with van der Waals surface area (Å²) >= 11 is 11.5. The number of furan rings is 1. The summed E-state index contributed by atoms with van der Waals surface area (Å²) in [6.45, 7) is 3.68. The third kappa shape index (κ3) is 4.78. The van der Waals surface area contributed by atoms with Gasteiger partial charge in [-0.1, -0.05) is 28.8 Å². The van der Waals surface area contributed by atoms with Crippen molar-refractivity contribution in [1.29, 1.82) is 0 Å². The summed E-state index contributed by atoms with van der Waals surface area (Å²) in [6.07, 6.45) is 0. The minimum atomic E-state index is -0.280. The molecule has 5 nitrogen and oxygen atoms in total. The van der Waals surface area contributed by atoms with Gasteiger partial charge in [0, 0.05) is 16.8 Å². The zero-order valence-corrected chi connectivity index (χ0v) is 16.9. The van der Waals surface area contributed by atoms with Gasteiger partial charge >= 0.3 is 0 Å². The predicted octanol–water partition coefficient (Wildman–Crippen LogP) is 4.84. The Morgan fingerprint density at radius 1 is 1.11 bits per heavy atom. The van der Waals surface area contributed by atoms with E-state index in [1.807, 2.05) is 19.9 Å². The summed E-state index contributed by atoms with van der Waals surface area (Å²) in [5.41, 5.74) is 3.85. The van der Waals surface area contributed by atoms with Crippen LogP contribution in [0.3, 0.4) is 0 Å². The molecule has 3 N–H and O–H groups in total. The molecule has 28 heavy (non-hydrogen) atoms. The van der Waals surface area contributed by atoms with E-state index in [1.54, 1.807) is 42.5 Å². The third-order valence-electron chi connectivity index (χ3n) is 4.02. The van der Waals surface area contributed by atoms with Crippen molar-refractivity contribution in [3.8, 4) is 11.3 Å². The molecule has 3 aromatic rings. The topological polar surface area (TPSA) is 74.5 Å². The summed E-state index contributed by atoms with van der Waals surface area (Å²) in [5, 5.41) is 15.5. The quantitative estimate of drug-likeness (QED) is 0.533. The van der Waals surface area contributed by atoms with Crippen molar-refractivity contribution in [3.05, 3.63) is 76.0 Å². The second-order valence-electron chi connectivity index (χ2n) is 6.40. The number of anilines is 1. The van der Waals surface area contributed by atoms with E-state index in [4.69, 9.17) is 33.3 Å². The first kappa shape index (κ1) is 20.1. The minimum Gasteiger partial charge on any atom is -0.459 e. The molecule has 0 aliphatic rings. The molecule has 144 valence electrons. The molecule has 1 heterocycles. The average molecular weight is 415 g/mol. The molecule has 1 aromatic heterocycles. The van der Waals surface area contributed by atoms with E-state index in [0.717, 1.165) is 11.1 Å². The van der Waals surface area contributed by atoms with Crippen molar-refractivity contribution < 1.29 is 14.3 Å². The van der Waals surface area contributed by atoms with E-state index in [0.29, 0.717) is 33.4 Å². The lowest BCUT2D eigenvalue weighted by Crippen LogP contribution is -2.34. The number of hydrogen-bond acceptors (Lipinski definition) is 4. The average Bonchev–Trinajstić information content (AvgIpc) is 3.11. The van der Waals surface area contributed by atoms with E-state index in [-0.39, 0.29) is 17.6 Å². The maximum atomic E-state index is 12.4. The van der Waals surface area contributed by atoms with Crippen molar-refractivity contribution in [3.63, 3.8) is 0 Å². The van der Waals surface area contributed by atoms with Crippen LogP contribution in [0.2, 0.25) is 5.02 Å². The fourth-order valence-electron chi connectivity index (χ4n) is 2.84. The molecule has 0 spiro atoms. The molecule has 0 aliphatic carbocycles. The van der Waals surface area contributed by atoms with Crippen LogP contribution >= 0.6 is 23.8 Å². The molecular weight excluding hydrogens is 396 g/mol. The van der Waals surface area contributed by atoms with E-state index in [1.165, 1.54) is 0 Å². The number of aliphatic hydroxyl groups excluding tert-OH is 1. The molecule has 0 atom stereocenters. The number of aliphatic hydroxyl groups is 1.